The number of nitro benzene ring substituents is 1. The second kappa shape index (κ2) is 9.64. The Hall–Kier alpha value is -3.73. The second-order valence-corrected chi connectivity index (χ2v) is 9.93. The Morgan fingerprint density at radius 2 is 1.62 bits per heavy atom. The van der Waals surface area contributed by atoms with Crippen LogP contribution in [0.3, 0.4) is 0 Å². The third-order valence-corrected chi connectivity index (χ3v) is 6.98. The van der Waals surface area contributed by atoms with Crippen LogP contribution in [-0.4, -0.2) is 36.4 Å². The van der Waals surface area contributed by atoms with Crippen molar-refractivity contribution in [2.24, 2.45) is 0 Å². The number of aryl methyl sites for hydroxylation is 2. The van der Waals surface area contributed by atoms with Crippen LogP contribution in [-0.2, 0) is 10.0 Å². The molecule has 2 heterocycles. The molecule has 178 valence electrons. The maximum atomic E-state index is 12.7. The van der Waals surface area contributed by atoms with Crippen molar-refractivity contribution in [2.45, 2.75) is 38.0 Å². The SMILES string of the molecule is Cc1cc(N2CCCCC2)nc(Nc2ccc(NS(=O)(=O)c3ccc(C)c([N+](=O)[O-])c3)cc2)n1. The van der Waals surface area contributed by atoms with Gasteiger partial charge in [-0.3, -0.25) is 14.8 Å². The highest BCUT2D eigenvalue weighted by atomic mass is 32.2. The molecule has 0 spiro atoms. The molecular weight excluding hydrogens is 456 g/mol. The highest BCUT2D eigenvalue weighted by molar-refractivity contribution is 7.92. The predicted octanol–water partition coefficient (Wildman–Crippen LogP) is 4.54. The van der Waals surface area contributed by atoms with E-state index in [1.165, 1.54) is 18.6 Å². The maximum Gasteiger partial charge on any atom is 0.273 e. The summed E-state index contributed by atoms with van der Waals surface area (Å²) >= 11 is 0. The van der Waals surface area contributed by atoms with Crippen molar-refractivity contribution in [3.63, 3.8) is 0 Å². The first-order chi connectivity index (χ1) is 16.2. The standard InChI is InChI=1S/C23H26N6O4S/c1-16-6-11-20(15-21(16)29(30)31)34(32,33)27-19-9-7-18(8-10-19)25-23-24-17(2)14-22(26-23)28-12-4-3-5-13-28/h6-11,14-15,27H,3-5,12-13H2,1-2H3,(H,24,25,26). The molecule has 0 saturated carbocycles. The smallest absolute Gasteiger partial charge is 0.273 e. The fourth-order valence-electron chi connectivity index (χ4n) is 3.81. The molecule has 1 aliphatic heterocycles. The Morgan fingerprint density at radius 1 is 0.941 bits per heavy atom. The van der Waals surface area contributed by atoms with Crippen LogP contribution in [0.4, 0.5) is 28.8 Å². The number of nitrogens with one attached hydrogen (secondary N) is 2. The lowest BCUT2D eigenvalue weighted by molar-refractivity contribution is -0.385. The minimum Gasteiger partial charge on any atom is -0.356 e. The molecule has 1 saturated heterocycles. The predicted molar refractivity (Wildman–Crippen MR) is 131 cm³/mol. The summed E-state index contributed by atoms with van der Waals surface area (Å²) in [5.41, 5.74) is 2.03. The quantitative estimate of drug-likeness (QED) is 0.371. The van der Waals surface area contributed by atoms with Gasteiger partial charge in [0.05, 0.1) is 9.82 Å². The van der Waals surface area contributed by atoms with Crippen molar-refractivity contribution in [3.05, 3.63) is 69.9 Å². The highest BCUT2D eigenvalue weighted by Crippen LogP contribution is 2.26. The summed E-state index contributed by atoms with van der Waals surface area (Å²) in [6, 6.07) is 12.4. The third kappa shape index (κ3) is 5.42. The van der Waals surface area contributed by atoms with Crippen molar-refractivity contribution in [1.82, 2.24) is 9.97 Å². The molecule has 34 heavy (non-hydrogen) atoms. The number of piperidine rings is 1. The molecule has 1 fully saturated rings. The van der Waals surface area contributed by atoms with E-state index in [9.17, 15) is 18.5 Å². The number of anilines is 4. The van der Waals surface area contributed by atoms with E-state index in [0.29, 0.717) is 22.9 Å². The molecule has 1 aromatic heterocycles. The van der Waals surface area contributed by atoms with Crippen LogP contribution in [0.25, 0.3) is 0 Å². The van der Waals surface area contributed by atoms with Crippen LogP contribution in [0.15, 0.2) is 53.4 Å². The molecule has 1 aliphatic rings. The number of aromatic nitrogens is 2. The second-order valence-electron chi connectivity index (χ2n) is 8.25. The van der Waals surface area contributed by atoms with Gasteiger partial charge in [-0.05, 0) is 63.4 Å². The van der Waals surface area contributed by atoms with Crippen LogP contribution in [0, 0.1) is 24.0 Å². The topological polar surface area (TPSA) is 130 Å². The number of hydrogen-bond donors (Lipinski definition) is 2. The largest absolute Gasteiger partial charge is 0.356 e. The summed E-state index contributed by atoms with van der Waals surface area (Å²) in [6.07, 6.45) is 3.54. The van der Waals surface area contributed by atoms with Gasteiger partial charge in [0.1, 0.15) is 5.82 Å². The van der Waals surface area contributed by atoms with Gasteiger partial charge in [0, 0.05) is 47.9 Å². The average molecular weight is 483 g/mol. The fraction of sp³-hybridized carbons (Fsp3) is 0.304. The number of rotatable bonds is 7. The Bertz CT molecular complexity index is 1310. The van der Waals surface area contributed by atoms with Crippen molar-refractivity contribution in [1.29, 1.82) is 0 Å². The minimum absolute atomic E-state index is 0.176. The van der Waals surface area contributed by atoms with E-state index in [0.717, 1.165) is 43.5 Å². The molecular formula is C23H26N6O4S. The normalized spacial score (nSPS) is 14.0. The van der Waals surface area contributed by atoms with E-state index in [2.05, 4.69) is 24.9 Å². The molecule has 11 heteroatoms. The zero-order chi connectivity index (χ0) is 24.3. The van der Waals surface area contributed by atoms with Gasteiger partial charge in [-0.15, -0.1) is 0 Å². The first kappa shape index (κ1) is 23.4. The van der Waals surface area contributed by atoms with Crippen LogP contribution >= 0.6 is 0 Å². The van der Waals surface area contributed by atoms with Crippen LogP contribution in [0.1, 0.15) is 30.5 Å². The molecule has 0 atom stereocenters. The lowest BCUT2D eigenvalue weighted by Gasteiger charge is -2.28. The summed E-state index contributed by atoms with van der Waals surface area (Å²) in [7, 11) is -3.99. The molecule has 4 rings (SSSR count). The summed E-state index contributed by atoms with van der Waals surface area (Å²) in [6.45, 7) is 5.44. The van der Waals surface area contributed by atoms with E-state index < -0.39 is 14.9 Å². The number of sulfonamides is 1. The molecule has 0 bridgehead atoms. The van der Waals surface area contributed by atoms with E-state index in [-0.39, 0.29) is 10.6 Å². The highest BCUT2D eigenvalue weighted by Gasteiger charge is 2.20. The Balaban J connectivity index is 1.48. The Labute approximate surface area is 198 Å². The van der Waals surface area contributed by atoms with Crippen molar-refractivity contribution < 1.29 is 13.3 Å². The monoisotopic (exact) mass is 482 g/mol. The van der Waals surface area contributed by atoms with E-state index >= 15 is 0 Å². The molecule has 0 unspecified atom stereocenters. The van der Waals surface area contributed by atoms with Gasteiger partial charge in [0.15, 0.2) is 0 Å². The first-order valence-corrected chi connectivity index (χ1v) is 12.5. The van der Waals surface area contributed by atoms with Crippen LogP contribution < -0.4 is 14.9 Å². The van der Waals surface area contributed by atoms with Gasteiger partial charge >= 0.3 is 0 Å². The van der Waals surface area contributed by atoms with Gasteiger partial charge in [-0.2, -0.15) is 4.98 Å². The molecule has 2 N–H and O–H groups in total. The average Bonchev–Trinajstić information content (AvgIpc) is 2.80. The molecule has 2 aromatic carbocycles. The number of hydrogen-bond acceptors (Lipinski definition) is 8. The van der Waals surface area contributed by atoms with Gasteiger partial charge in [0.2, 0.25) is 5.95 Å². The number of benzene rings is 2. The number of nitrogens with zero attached hydrogens (tertiary/aromatic N) is 4. The first-order valence-electron chi connectivity index (χ1n) is 11.0. The zero-order valence-corrected chi connectivity index (χ0v) is 19.8. The van der Waals surface area contributed by atoms with Gasteiger partial charge in [-0.25, -0.2) is 13.4 Å². The maximum absolute atomic E-state index is 12.7. The summed E-state index contributed by atoms with van der Waals surface area (Å²) in [4.78, 5) is 21.7. The Morgan fingerprint density at radius 3 is 2.29 bits per heavy atom. The fourth-order valence-corrected chi connectivity index (χ4v) is 4.89. The minimum atomic E-state index is -3.99. The molecule has 0 amide bonds. The van der Waals surface area contributed by atoms with Crippen molar-refractivity contribution in [2.75, 3.05) is 28.0 Å². The number of nitro groups is 1. The van der Waals surface area contributed by atoms with Crippen molar-refractivity contribution in [3.8, 4) is 0 Å². The van der Waals surface area contributed by atoms with Crippen LogP contribution in [0.5, 0.6) is 0 Å². The molecule has 10 nitrogen and oxygen atoms in total. The van der Waals surface area contributed by atoms with Gasteiger partial charge in [0.25, 0.3) is 15.7 Å². The van der Waals surface area contributed by atoms with Crippen molar-refractivity contribution >= 4 is 38.9 Å². The molecule has 0 radical (unpaired) electrons. The van der Waals surface area contributed by atoms with Gasteiger partial charge < -0.3 is 10.2 Å². The summed E-state index contributed by atoms with van der Waals surface area (Å²) in [5, 5.41) is 14.3. The van der Waals surface area contributed by atoms with E-state index in [1.54, 1.807) is 31.2 Å². The lowest BCUT2D eigenvalue weighted by atomic mass is 10.1. The zero-order valence-electron chi connectivity index (χ0n) is 19.0. The summed E-state index contributed by atoms with van der Waals surface area (Å²) in [5.74, 6) is 1.37. The molecule has 3 aromatic rings. The Kier molecular flexibility index (Phi) is 6.64. The lowest BCUT2D eigenvalue weighted by Crippen LogP contribution is -2.30. The molecule has 0 aliphatic carbocycles. The summed E-state index contributed by atoms with van der Waals surface area (Å²) < 4.78 is 27.9. The van der Waals surface area contributed by atoms with E-state index in [4.69, 9.17) is 0 Å². The third-order valence-electron chi connectivity index (χ3n) is 5.60. The van der Waals surface area contributed by atoms with Crippen LogP contribution in [0.2, 0.25) is 0 Å². The van der Waals surface area contributed by atoms with E-state index in [1.807, 2.05) is 13.0 Å². The van der Waals surface area contributed by atoms with Gasteiger partial charge in [-0.1, -0.05) is 6.07 Å².